The Bertz CT molecular complexity index is 2800. The van der Waals surface area contributed by atoms with E-state index in [0.29, 0.717) is 68.8 Å². The van der Waals surface area contributed by atoms with Gasteiger partial charge in [-0.1, -0.05) is 91.9 Å². The van der Waals surface area contributed by atoms with Gasteiger partial charge in [-0.05, 0) is 149 Å². The molecule has 1 aliphatic rings. The summed E-state index contributed by atoms with van der Waals surface area (Å²) in [5.74, 6) is -0.933. The lowest BCUT2D eigenvalue weighted by Gasteiger charge is -2.36. The fourth-order valence-corrected chi connectivity index (χ4v) is 11.9. The second kappa shape index (κ2) is 26.9. The average molecular weight is 1090 g/mol. The molecule has 0 radical (unpaired) electrons. The normalized spacial score (nSPS) is 14.4. The lowest BCUT2D eigenvalue weighted by molar-refractivity contribution is -0.143. The number of aliphatic hydroxyl groups is 1. The number of ether oxygens (including phenoxy) is 1. The number of rotatable bonds is 26. The molecule has 6 rings (SSSR count). The number of amides is 1. The lowest BCUT2D eigenvalue weighted by Crippen LogP contribution is -2.36. The molecule has 0 saturated carbocycles. The number of esters is 1. The van der Waals surface area contributed by atoms with E-state index >= 15 is 0 Å². The maximum absolute atomic E-state index is 14.3. The van der Waals surface area contributed by atoms with E-state index in [1.165, 1.54) is 23.9 Å². The van der Waals surface area contributed by atoms with Crippen LogP contribution in [0.2, 0.25) is 5.02 Å². The minimum atomic E-state index is -6.10. The number of hydrogen-bond donors (Lipinski definition) is 3. The quantitative estimate of drug-likeness (QED) is 0.0273. The van der Waals surface area contributed by atoms with Gasteiger partial charge in [-0.25, -0.2) is 21.6 Å². The minimum absolute atomic E-state index is 0.0250. The molecular weight excluding hydrogens is 1020 g/mol. The Morgan fingerprint density at radius 1 is 0.836 bits per heavy atom. The molecule has 5 aromatic rings. The van der Waals surface area contributed by atoms with Crippen molar-refractivity contribution in [3.63, 3.8) is 0 Å². The fourth-order valence-electron chi connectivity index (χ4n) is 8.78. The van der Waals surface area contributed by atoms with E-state index < -0.39 is 58.9 Å². The molecule has 0 bridgehead atoms. The van der Waals surface area contributed by atoms with Crippen LogP contribution in [0.25, 0.3) is 11.1 Å². The van der Waals surface area contributed by atoms with E-state index in [1.54, 1.807) is 19.1 Å². The van der Waals surface area contributed by atoms with Crippen LogP contribution in [-0.2, 0) is 29.4 Å². The molecule has 394 valence electrons. The van der Waals surface area contributed by atoms with Crippen LogP contribution in [0.5, 0.6) is 0 Å². The largest absolute Gasteiger partial charge is 0.501 e. The van der Waals surface area contributed by atoms with Crippen molar-refractivity contribution in [3.05, 3.63) is 137 Å². The van der Waals surface area contributed by atoms with E-state index in [2.05, 4.69) is 15.1 Å². The van der Waals surface area contributed by atoms with Gasteiger partial charge in [-0.2, -0.15) is 13.2 Å². The van der Waals surface area contributed by atoms with Crippen molar-refractivity contribution in [1.29, 1.82) is 0 Å². The lowest BCUT2D eigenvalue weighted by atomic mass is 9.84. The number of benzene rings is 5. The zero-order valence-corrected chi connectivity index (χ0v) is 44.2. The first kappa shape index (κ1) is 57.2. The maximum Gasteiger partial charge on any atom is 0.501 e. The number of nitrogens with zero attached hydrogens (tertiary/aromatic N) is 2. The number of alkyl halides is 3. The summed E-state index contributed by atoms with van der Waals surface area (Å²) in [4.78, 5) is 27.9. The van der Waals surface area contributed by atoms with Crippen molar-refractivity contribution in [2.75, 3.05) is 55.8 Å². The van der Waals surface area contributed by atoms with Crippen molar-refractivity contribution in [2.45, 2.75) is 103 Å². The second-order valence-corrected chi connectivity index (χ2v) is 23.3. The van der Waals surface area contributed by atoms with Crippen LogP contribution >= 0.6 is 23.4 Å². The number of piperidine rings is 1. The molecule has 19 heteroatoms. The smallest absolute Gasteiger partial charge is 0.466 e. The van der Waals surface area contributed by atoms with Crippen molar-refractivity contribution in [3.8, 4) is 11.1 Å². The van der Waals surface area contributed by atoms with E-state index in [4.69, 9.17) is 16.3 Å². The summed E-state index contributed by atoms with van der Waals surface area (Å²) in [6.07, 6.45) is 7.06. The maximum atomic E-state index is 14.3. The van der Waals surface area contributed by atoms with Crippen molar-refractivity contribution >= 4 is 66.5 Å². The molecule has 1 aliphatic heterocycles. The highest BCUT2D eigenvalue weighted by Gasteiger charge is 2.48. The van der Waals surface area contributed by atoms with Crippen molar-refractivity contribution in [1.82, 2.24) is 9.62 Å². The molecule has 2 unspecified atom stereocenters. The summed E-state index contributed by atoms with van der Waals surface area (Å²) in [5.41, 5.74) is -2.79. The van der Waals surface area contributed by atoms with Crippen molar-refractivity contribution < 1.29 is 49.4 Å². The SMILES string of the molecule is CCOC(=O)CCCCCCCCN(C)CCC(CSc1ccccc1)Nc1ccc(S(=O)(=O)NC(=O)c2ccc(N3CCC(C(O)c4ccccc4-c4ccc(Cl)cc4)CC3)cc2)cc1S(=O)(=O)C(F)(F)F. The van der Waals surface area contributed by atoms with Gasteiger partial charge in [-0.3, -0.25) is 9.59 Å². The molecule has 5 aromatic carbocycles. The highest BCUT2D eigenvalue weighted by atomic mass is 35.5. The second-order valence-electron chi connectivity index (χ2n) is 18.2. The number of halogens is 4. The molecule has 3 N–H and O–H groups in total. The number of carbonyl (C=O) groups excluding carboxylic acids is 2. The van der Waals surface area contributed by atoms with Crippen molar-refractivity contribution in [2.24, 2.45) is 5.92 Å². The van der Waals surface area contributed by atoms with Gasteiger partial charge in [0.15, 0.2) is 0 Å². The Morgan fingerprint density at radius 3 is 2.15 bits per heavy atom. The summed E-state index contributed by atoms with van der Waals surface area (Å²) >= 11 is 7.55. The van der Waals surface area contributed by atoms with Crippen LogP contribution in [0.4, 0.5) is 24.5 Å². The molecule has 1 saturated heterocycles. The number of anilines is 2. The third-order valence-corrected chi connectivity index (χ3v) is 17.2. The van der Waals surface area contributed by atoms with Gasteiger partial charge in [0.1, 0.15) is 4.90 Å². The van der Waals surface area contributed by atoms with E-state index in [9.17, 15) is 44.7 Å². The third-order valence-electron chi connectivity index (χ3n) is 12.9. The van der Waals surface area contributed by atoms with E-state index in [0.717, 1.165) is 84.5 Å². The number of thioether (sulfide) groups is 1. The Morgan fingerprint density at radius 2 is 1.48 bits per heavy atom. The molecule has 1 fully saturated rings. The fraction of sp³-hybridized carbons (Fsp3) is 0.407. The average Bonchev–Trinajstić information content (AvgIpc) is 3.38. The van der Waals surface area contributed by atoms with Gasteiger partial charge in [0.2, 0.25) is 0 Å². The van der Waals surface area contributed by atoms with Gasteiger partial charge >= 0.3 is 11.5 Å². The minimum Gasteiger partial charge on any atom is -0.466 e. The van der Waals surface area contributed by atoms with Crippen LogP contribution in [0, 0.1) is 5.92 Å². The number of aliphatic hydroxyl groups excluding tert-OH is 1. The van der Waals surface area contributed by atoms with Crippen LogP contribution in [0.3, 0.4) is 0 Å². The van der Waals surface area contributed by atoms with Crippen LogP contribution < -0.4 is 14.9 Å². The predicted molar refractivity (Wildman–Crippen MR) is 283 cm³/mol. The Kier molecular flexibility index (Phi) is 21.1. The van der Waals surface area contributed by atoms with Crippen LogP contribution in [-0.4, -0.2) is 95.9 Å². The van der Waals surface area contributed by atoms with Gasteiger partial charge in [-0.15, -0.1) is 11.8 Å². The molecule has 73 heavy (non-hydrogen) atoms. The molecule has 0 aliphatic carbocycles. The van der Waals surface area contributed by atoms with Gasteiger partial charge < -0.3 is 25.0 Å². The number of sulfonamides is 1. The Balaban J connectivity index is 1.08. The first-order chi connectivity index (χ1) is 34.9. The van der Waals surface area contributed by atoms with Crippen LogP contribution in [0.15, 0.2) is 136 Å². The number of unbranched alkanes of at least 4 members (excludes halogenated alkanes) is 5. The molecule has 0 aromatic heterocycles. The summed E-state index contributed by atoms with van der Waals surface area (Å²) in [7, 11) is -9.06. The highest BCUT2D eigenvalue weighted by molar-refractivity contribution is 7.99. The van der Waals surface area contributed by atoms with Crippen LogP contribution in [0.1, 0.15) is 93.2 Å². The van der Waals surface area contributed by atoms with Gasteiger partial charge in [0, 0.05) is 52.5 Å². The first-order valence-corrected chi connectivity index (χ1v) is 28.9. The monoisotopic (exact) mass is 1080 g/mol. The standard InChI is InChI=1S/C54H64ClF3N4O8S3/c1-3-70-51(63)19-11-6-4-5-7-14-33-61(2)34-32-43(38-71-45-15-9-8-10-16-45)59-49-29-28-46(37-50(49)72(66,67)54(56,57)58)73(68,69)60-53(65)41-22-26-44(27-23-41)62-35-30-40(31-36-62)52(64)48-18-13-12-17-47(48)39-20-24-42(55)25-21-39/h8-10,12-13,15-18,20-29,37,40,43,52,59,64H,3-7,11,14,19,30-36,38H2,1-2H3,(H,60,65). The molecular formula is C54H64ClF3N4O8S3. The zero-order valence-electron chi connectivity index (χ0n) is 41.0. The molecule has 2 atom stereocenters. The number of hydrogen-bond acceptors (Lipinski definition) is 12. The molecule has 0 spiro atoms. The third kappa shape index (κ3) is 16.4. The summed E-state index contributed by atoms with van der Waals surface area (Å²) in [6, 6.07) is 32.5. The Labute approximate surface area is 437 Å². The Hall–Kier alpha value is -5.11. The zero-order chi connectivity index (χ0) is 52.6. The molecule has 1 amide bonds. The molecule has 12 nitrogen and oxygen atoms in total. The first-order valence-electron chi connectivity index (χ1n) is 24.6. The highest BCUT2D eigenvalue weighted by Crippen LogP contribution is 2.39. The number of carbonyl (C=O) groups is 2. The molecule has 1 heterocycles. The van der Waals surface area contributed by atoms with E-state index in [-0.39, 0.29) is 17.5 Å². The van der Waals surface area contributed by atoms with E-state index in [1.807, 2.05) is 90.6 Å². The topological polar surface area (TPSA) is 162 Å². The summed E-state index contributed by atoms with van der Waals surface area (Å²) in [5, 5.41) is 15.2. The summed E-state index contributed by atoms with van der Waals surface area (Å²) < 4.78 is 103. The summed E-state index contributed by atoms with van der Waals surface area (Å²) in [6.45, 7) is 4.64. The van der Waals surface area contributed by atoms with Gasteiger partial charge in [0.25, 0.3) is 25.8 Å². The number of sulfone groups is 1. The van der Waals surface area contributed by atoms with Gasteiger partial charge in [0.05, 0.1) is 23.3 Å². The predicted octanol–water partition coefficient (Wildman–Crippen LogP) is 11.6. The number of nitrogens with one attached hydrogen (secondary N) is 2.